The van der Waals surface area contributed by atoms with Crippen LogP contribution in [0.4, 0.5) is 0 Å². The van der Waals surface area contributed by atoms with E-state index in [1.807, 2.05) is 6.92 Å². The Kier molecular flexibility index (Phi) is 8.62. The molecule has 0 aromatic carbocycles. The fourth-order valence-electron chi connectivity index (χ4n) is 2.35. The zero-order valence-corrected chi connectivity index (χ0v) is 13.4. The highest BCUT2D eigenvalue weighted by atomic mass is 16.5. The predicted molar refractivity (Wildman–Crippen MR) is 83.5 cm³/mol. The number of Topliss-reactive ketones (excluding diaryl/α,β-unsaturated/α-hetero) is 2. The Morgan fingerprint density at radius 1 is 1.14 bits per heavy atom. The molecule has 1 rings (SSSR count). The number of esters is 1. The van der Waals surface area contributed by atoms with Crippen LogP contribution in [-0.2, 0) is 19.1 Å². The van der Waals surface area contributed by atoms with E-state index < -0.39 is 11.9 Å². The third-order valence-corrected chi connectivity index (χ3v) is 3.48. The van der Waals surface area contributed by atoms with Crippen LogP contribution in [0.25, 0.3) is 0 Å². The number of rotatable bonds is 9. The van der Waals surface area contributed by atoms with Crippen LogP contribution in [0.5, 0.6) is 0 Å². The molecule has 0 aromatic rings. The first-order valence-corrected chi connectivity index (χ1v) is 7.94. The molecule has 0 heterocycles. The molecule has 6 heteroatoms. The lowest BCUT2D eigenvalue weighted by Gasteiger charge is -2.20. The molecule has 0 spiro atoms. The van der Waals surface area contributed by atoms with Gasteiger partial charge in [-0.2, -0.15) is 0 Å². The van der Waals surface area contributed by atoms with Gasteiger partial charge in [0.15, 0.2) is 11.6 Å². The van der Waals surface area contributed by atoms with Crippen molar-refractivity contribution in [1.29, 1.82) is 0 Å². The summed E-state index contributed by atoms with van der Waals surface area (Å²) in [6.45, 7) is 7.43. The maximum atomic E-state index is 12.0. The van der Waals surface area contributed by atoms with Gasteiger partial charge < -0.3 is 15.4 Å². The van der Waals surface area contributed by atoms with Crippen LogP contribution in [-0.4, -0.2) is 50.3 Å². The van der Waals surface area contributed by atoms with Crippen molar-refractivity contribution in [2.24, 2.45) is 5.92 Å². The van der Waals surface area contributed by atoms with Gasteiger partial charge in [-0.15, -0.1) is 0 Å². The molecule has 2 N–H and O–H groups in total. The topological polar surface area (TPSA) is 84.5 Å². The number of carbonyl (C=O) groups is 3. The minimum Gasteiger partial charge on any atom is -0.466 e. The average Bonchev–Trinajstić information content (AvgIpc) is 2.48. The van der Waals surface area contributed by atoms with Gasteiger partial charge in [-0.3, -0.25) is 14.4 Å². The number of nitrogens with one attached hydrogen (secondary N) is 2. The van der Waals surface area contributed by atoms with E-state index in [1.165, 1.54) is 0 Å². The molecule has 0 aliphatic heterocycles. The molecule has 0 atom stereocenters. The van der Waals surface area contributed by atoms with Gasteiger partial charge in [-0.25, -0.2) is 0 Å². The summed E-state index contributed by atoms with van der Waals surface area (Å²) in [5, 5.41) is 6.43. The van der Waals surface area contributed by atoms with Gasteiger partial charge in [0.25, 0.3) is 0 Å². The number of ether oxygens (including phenoxy) is 1. The summed E-state index contributed by atoms with van der Waals surface area (Å²) in [7, 11) is 0. The first-order valence-electron chi connectivity index (χ1n) is 7.94. The predicted octanol–water partition coefficient (Wildman–Crippen LogP) is 0.613. The van der Waals surface area contributed by atoms with Crippen LogP contribution in [0.3, 0.4) is 0 Å². The van der Waals surface area contributed by atoms with Crippen molar-refractivity contribution in [3.05, 3.63) is 11.6 Å². The van der Waals surface area contributed by atoms with E-state index in [0.717, 1.165) is 26.2 Å². The molecule has 1 aliphatic rings. The maximum absolute atomic E-state index is 12.0. The highest BCUT2D eigenvalue weighted by molar-refractivity contribution is 6.23. The third kappa shape index (κ3) is 6.07. The highest BCUT2D eigenvalue weighted by Gasteiger charge is 2.34. The van der Waals surface area contributed by atoms with Crippen LogP contribution in [0, 0.1) is 5.92 Å². The second-order valence-corrected chi connectivity index (χ2v) is 5.21. The minimum atomic E-state index is -0.615. The van der Waals surface area contributed by atoms with Gasteiger partial charge in [0.2, 0.25) is 0 Å². The average molecular weight is 310 g/mol. The molecule has 0 radical (unpaired) electrons. The van der Waals surface area contributed by atoms with Crippen LogP contribution in [0.1, 0.15) is 33.1 Å². The van der Waals surface area contributed by atoms with Gasteiger partial charge >= 0.3 is 5.97 Å². The zero-order chi connectivity index (χ0) is 16.4. The first-order chi connectivity index (χ1) is 10.6. The normalized spacial score (nSPS) is 18.5. The molecule has 6 nitrogen and oxygen atoms in total. The van der Waals surface area contributed by atoms with E-state index in [2.05, 4.69) is 10.6 Å². The van der Waals surface area contributed by atoms with Crippen LogP contribution in [0.2, 0.25) is 0 Å². The van der Waals surface area contributed by atoms with E-state index in [9.17, 15) is 14.4 Å². The number of ketones is 2. The second-order valence-electron chi connectivity index (χ2n) is 5.21. The Balaban J connectivity index is 2.39. The molecule has 0 bridgehead atoms. The maximum Gasteiger partial charge on any atom is 0.309 e. The van der Waals surface area contributed by atoms with Gasteiger partial charge in [0, 0.05) is 25.9 Å². The van der Waals surface area contributed by atoms with Gasteiger partial charge in [0.05, 0.1) is 18.1 Å². The lowest BCUT2D eigenvalue weighted by Crippen LogP contribution is -2.32. The Labute approximate surface area is 131 Å². The van der Waals surface area contributed by atoms with Gasteiger partial charge in [0.1, 0.15) is 0 Å². The summed E-state index contributed by atoms with van der Waals surface area (Å²) in [4.78, 5) is 35.6. The van der Waals surface area contributed by atoms with Gasteiger partial charge in [-0.05, 0) is 26.4 Å². The number of hydrogen-bond acceptors (Lipinski definition) is 6. The zero-order valence-electron chi connectivity index (χ0n) is 13.4. The van der Waals surface area contributed by atoms with Crippen molar-refractivity contribution in [2.75, 3.05) is 32.8 Å². The Bertz CT molecular complexity index is 412. The summed E-state index contributed by atoms with van der Waals surface area (Å²) in [5.74, 6) is -1.56. The Morgan fingerprint density at radius 2 is 1.77 bits per heavy atom. The summed E-state index contributed by atoms with van der Waals surface area (Å²) >= 11 is 0. The minimum absolute atomic E-state index is 0.0737. The molecule has 0 unspecified atom stereocenters. The van der Waals surface area contributed by atoms with E-state index in [0.29, 0.717) is 6.42 Å². The molecule has 0 saturated heterocycles. The highest BCUT2D eigenvalue weighted by Crippen LogP contribution is 2.24. The van der Waals surface area contributed by atoms with E-state index >= 15 is 0 Å². The number of hydrogen-bond donors (Lipinski definition) is 2. The fourth-order valence-corrected chi connectivity index (χ4v) is 2.35. The molecule has 22 heavy (non-hydrogen) atoms. The van der Waals surface area contributed by atoms with Crippen molar-refractivity contribution in [2.45, 2.75) is 33.1 Å². The van der Waals surface area contributed by atoms with Crippen molar-refractivity contribution < 1.29 is 19.1 Å². The van der Waals surface area contributed by atoms with Crippen LogP contribution < -0.4 is 10.6 Å². The summed E-state index contributed by atoms with van der Waals surface area (Å²) in [6, 6.07) is 0. The van der Waals surface area contributed by atoms with Crippen molar-refractivity contribution >= 4 is 17.5 Å². The number of allylic oxidation sites excluding steroid dienone is 1. The molecule has 124 valence electrons. The van der Waals surface area contributed by atoms with Crippen molar-refractivity contribution in [1.82, 2.24) is 10.6 Å². The molecule has 1 aliphatic carbocycles. The number of likely N-dealkylation sites (N-methyl/N-ethyl adjacent to an activating group) is 1. The SMILES string of the molecule is CCNCCNCCC=C1C(=O)CC(C(=O)OCC)CC1=O. The third-order valence-electron chi connectivity index (χ3n) is 3.48. The Hall–Kier alpha value is -1.53. The molecule has 0 amide bonds. The molecule has 1 fully saturated rings. The van der Waals surface area contributed by atoms with Crippen molar-refractivity contribution in [3.63, 3.8) is 0 Å². The van der Waals surface area contributed by atoms with Crippen molar-refractivity contribution in [3.8, 4) is 0 Å². The lowest BCUT2D eigenvalue weighted by molar-refractivity contribution is -0.151. The largest absolute Gasteiger partial charge is 0.466 e. The summed E-state index contributed by atoms with van der Waals surface area (Å²) in [5.41, 5.74) is 0.244. The van der Waals surface area contributed by atoms with Crippen LogP contribution in [0.15, 0.2) is 11.6 Å². The Morgan fingerprint density at radius 3 is 2.36 bits per heavy atom. The second kappa shape index (κ2) is 10.2. The molecule has 1 saturated carbocycles. The van der Waals surface area contributed by atoms with Crippen LogP contribution >= 0.6 is 0 Å². The summed E-state index contributed by atoms with van der Waals surface area (Å²) in [6.07, 6.45) is 2.46. The first kappa shape index (κ1) is 18.5. The smallest absolute Gasteiger partial charge is 0.309 e. The summed E-state index contributed by atoms with van der Waals surface area (Å²) < 4.78 is 4.88. The monoisotopic (exact) mass is 310 g/mol. The molecular weight excluding hydrogens is 284 g/mol. The molecular formula is C16H26N2O4. The number of carbonyl (C=O) groups excluding carboxylic acids is 3. The van der Waals surface area contributed by atoms with E-state index in [-0.39, 0.29) is 36.6 Å². The standard InChI is InChI=1S/C16H26N2O4/c1-3-17-8-9-18-7-5-6-13-14(19)10-12(11-15(13)20)16(21)22-4-2/h6,12,17-18H,3-5,7-11H2,1-2H3. The van der Waals surface area contributed by atoms with E-state index in [4.69, 9.17) is 4.74 Å². The fraction of sp³-hybridized carbons (Fsp3) is 0.688. The van der Waals surface area contributed by atoms with E-state index in [1.54, 1.807) is 13.0 Å². The van der Waals surface area contributed by atoms with Gasteiger partial charge in [-0.1, -0.05) is 13.0 Å². The quantitative estimate of drug-likeness (QED) is 0.281. The lowest BCUT2D eigenvalue weighted by atomic mass is 9.83. The molecule has 0 aromatic heterocycles.